The van der Waals surface area contributed by atoms with Crippen molar-refractivity contribution in [3.05, 3.63) is 30.5 Å². The fourth-order valence-corrected chi connectivity index (χ4v) is 3.25. The van der Waals surface area contributed by atoms with Gasteiger partial charge in [0.25, 0.3) is 0 Å². The second-order valence-corrected chi connectivity index (χ2v) is 5.85. The Bertz CT molecular complexity index is 939. The average Bonchev–Trinajstić information content (AvgIpc) is 3.23. The van der Waals surface area contributed by atoms with E-state index in [0.29, 0.717) is 6.54 Å². The number of thiazole rings is 1. The third kappa shape index (κ3) is 2.00. The van der Waals surface area contributed by atoms with E-state index in [0.717, 1.165) is 38.1 Å². The second-order valence-electron chi connectivity index (χ2n) is 4.87. The van der Waals surface area contributed by atoms with Crippen molar-refractivity contribution in [3.63, 3.8) is 0 Å². The molecule has 0 aliphatic rings. The van der Waals surface area contributed by atoms with Gasteiger partial charge in [-0.2, -0.15) is 0 Å². The van der Waals surface area contributed by atoms with E-state index in [1.807, 2.05) is 30.8 Å². The highest BCUT2D eigenvalue weighted by molar-refractivity contribution is 7.21. The van der Waals surface area contributed by atoms with Gasteiger partial charge in [0, 0.05) is 14.1 Å². The topological polar surface area (TPSA) is 80.8 Å². The lowest BCUT2D eigenvalue weighted by atomic mass is 10.3. The molecule has 0 spiro atoms. The molecule has 4 rings (SSSR count). The molecule has 0 aliphatic heterocycles. The lowest BCUT2D eigenvalue weighted by molar-refractivity contribution is 0.518. The number of nitrogens with zero attached hydrogens (tertiary/aromatic N) is 4. The molecule has 8 heteroatoms. The van der Waals surface area contributed by atoms with E-state index in [9.17, 15) is 0 Å². The van der Waals surface area contributed by atoms with Gasteiger partial charge in [-0.3, -0.25) is 0 Å². The molecule has 0 atom stereocenters. The van der Waals surface area contributed by atoms with Crippen LogP contribution in [0.5, 0.6) is 0 Å². The number of rotatable bonds is 4. The quantitative estimate of drug-likeness (QED) is 0.603. The van der Waals surface area contributed by atoms with Crippen LogP contribution in [0.15, 0.2) is 29.1 Å². The van der Waals surface area contributed by atoms with Crippen molar-refractivity contribution in [1.29, 1.82) is 0 Å². The summed E-state index contributed by atoms with van der Waals surface area (Å²) in [5.74, 6) is 1.64. The van der Waals surface area contributed by atoms with Crippen LogP contribution in [0.25, 0.3) is 21.4 Å². The summed E-state index contributed by atoms with van der Waals surface area (Å²) in [7, 11) is 3.81. The molecule has 4 aromatic rings. The summed E-state index contributed by atoms with van der Waals surface area (Å²) in [5.41, 5.74) is 2.68. The Labute approximate surface area is 130 Å². The maximum absolute atomic E-state index is 5.32. The number of fused-ring (bicyclic) bond motifs is 3. The number of nitrogens with one attached hydrogen (secondary N) is 2. The van der Waals surface area contributed by atoms with Gasteiger partial charge < -0.3 is 19.6 Å². The second kappa shape index (κ2) is 4.99. The third-order valence-electron chi connectivity index (χ3n) is 3.44. The summed E-state index contributed by atoms with van der Waals surface area (Å²) < 4.78 is 7.29. The van der Waals surface area contributed by atoms with E-state index < -0.39 is 0 Å². The first-order valence-electron chi connectivity index (χ1n) is 6.82. The van der Waals surface area contributed by atoms with Crippen molar-refractivity contribution in [2.24, 2.45) is 7.05 Å². The predicted octanol–water partition coefficient (Wildman–Crippen LogP) is 2.82. The average molecular weight is 314 g/mol. The van der Waals surface area contributed by atoms with Crippen LogP contribution < -0.4 is 10.6 Å². The van der Waals surface area contributed by atoms with Crippen LogP contribution in [0.4, 0.5) is 10.9 Å². The summed E-state index contributed by atoms with van der Waals surface area (Å²) >= 11 is 1.52. The molecule has 4 aromatic heterocycles. The summed E-state index contributed by atoms with van der Waals surface area (Å²) in [6.07, 6.45) is 3.44. The summed E-state index contributed by atoms with van der Waals surface area (Å²) in [6.45, 7) is 0.597. The zero-order chi connectivity index (χ0) is 15.1. The molecule has 112 valence electrons. The van der Waals surface area contributed by atoms with Gasteiger partial charge in [0.05, 0.1) is 19.1 Å². The highest BCUT2D eigenvalue weighted by Gasteiger charge is 2.16. The van der Waals surface area contributed by atoms with Crippen molar-refractivity contribution >= 4 is 43.7 Å². The van der Waals surface area contributed by atoms with Gasteiger partial charge in [-0.05, 0) is 12.1 Å². The van der Waals surface area contributed by atoms with Crippen LogP contribution in [0.2, 0.25) is 0 Å². The number of anilines is 2. The lowest BCUT2D eigenvalue weighted by Gasteiger charge is -2.01. The Morgan fingerprint density at radius 1 is 1.32 bits per heavy atom. The van der Waals surface area contributed by atoms with Crippen LogP contribution in [-0.2, 0) is 13.6 Å². The smallest absolute Gasteiger partial charge is 0.185 e. The largest absolute Gasteiger partial charge is 0.467 e. The van der Waals surface area contributed by atoms with E-state index in [4.69, 9.17) is 4.42 Å². The molecule has 22 heavy (non-hydrogen) atoms. The molecule has 0 bridgehead atoms. The van der Waals surface area contributed by atoms with Crippen LogP contribution in [0.1, 0.15) is 5.76 Å². The van der Waals surface area contributed by atoms with Gasteiger partial charge in [0.1, 0.15) is 27.1 Å². The Morgan fingerprint density at radius 3 is 3.00 bits per heavy atom. The van der Waals surface area contributed by atoms with Gasteiger partial charge >= 0.3 is 0 Å². The number of imidazole rings is 1. The molecular weight excluding hydrogens is 300 g/mol. The third-order valence-corrected chi connectivity index (χ3v) is 4.35. The molecular formula is C14H14N6OS. The molecule has 0 saturated heterocycles. The monoisotopic (exact) mass is 314 g/mol. The molecule has 4 heterocycles. The number of hydrogen-bond acceptors (Lipinski definition) is 7. The molecule has 7 nitrogen and oxygen atoms in total. The van der Waals surface area contributed by atoms with E-state index >= 15 is 0 Å². The van der Waals surface area contributed by atoms with Gasteiger partial charge in [-0.25, -0.2) is 15.0 Å². The Morgan fingerprint density at radius 2 is 2.23 bits per heavy atom. The summed E-state index contributed by atoms with van der Waals surface area (Å²) in [4.78, 5) is 14.5. The zero-order valence-corrected chi connectivity index (χ0v) is 12.9. The van der Waals surface area contributed by atoms with E-state index in [1.54, 1.807) is 12.6 Å². The van der Waals surface area contributed by atoms with Crippen molar-refractivity contribution in [3.8, 4) is 0 Å². The van der Waals surface area contributed by atoms with Crippen molar-refractivity contribution in [2.45, 2.75) is 6.54 Å². The first-order valence-corrected chi connectivity index (χ1v) is 7.63. The number of aryl methyl sites for hydroxylation is 1. The zero-order valence-electron chi connectivity index (χ0n) is 12.1. The van der Waals surface area contributed by atoms with E-state index in [2.05, 4.69) is 25.6 Å². The number of hydrogen-bond donors (Lipinski definition) is 2. The SMILES string of the molecule is CNc1nc2sc(NCc3ccco3)nc2c2c1ncn2C. The molecule has 0 aromatic carbocycles. The number of pyridine rings is 1. The normalized spacial score (nSPS) is 11.4. The maximum atomic E-state index is 5.32. The Balaban J connectivity index is 1.79. The minimum absolute atomic E-state index is 0.597. The van der Waals surface area contributed by atoms with Crippen molar-refractivity contribution in [2.75, 3.05) is 17.7 Å². The van der Waals surface area contributed by atoms with Crippen molar-refractivity contribution in [1.82, 2.24) is 19.5 Å². The molecule has 0 fully saturated rings. The standard InChI is InChI=1S/C14H14N6OS/c1-15-12-9-11(20(2)7-17-9)10-13(19-12)22-14(18-10)16-6-8-4-3-5-21-8/h3-5,7H,6H2,1-2H3,(H,15,19)(H,16,18). The molecule has 0 radical (unpaired) electrons. The van der Waals surface area contributed by atoms with Crippen LogP contribution in [0.3, 0.4) is 0 Å². The predicted molar refractivity (Wildman–Crippen MR) is 87.3 cm³/mol. The number of furan rings is 1. The van der Waals surface area contributed by atoms with Crippen LogP contribution >= 0.6 is 11.3 Å². The molecule has 0 saturated carbocycles. The molecule has 0 amide bonds. The molecule has 0 aliphatic carbocycles. The molecule has 2 N–H and O–H groups in total. The fraction of sp³-hybridized carbons (Fsp3) is 0.214. The lowest BCUT2D eigenvalue weighted by Crippen LogP contribution is -1.97. The highest BCUT2D eigenvalue weighted by atomic mass is 32.1. The molecule has 0 unspecified atom stereocenters. The fourth-order valence-electron chi connectivity index (χ4n) is 2.41. The van der Waals surface area contributed by atoms with Crippen LogP contribution in [-0.4, -0.2) is 26.6 Å². The first kappa shape index (κ1) is 13.1. The van der Waals surface area contributed by atoms with Gasteiger partial charge in [-0.15, -0.1) is 0 Å². The highest BCUT2D eigenvalue weighted by Crippen LogP contribution is 2.33. The summed E-state index contributed by atoms with van der Waals surface area (Å²) in [6, 6.07) is 3.80. The van der Waals surface area contributed by atoms with Crippen LogP contribution in [0, 0.1) is 0 Å². The maximum Gasteiger partial charge on any atom is 0.185 e. The first-order chi connectivity index (χ1) is 10.8. The summed E-state index contributed by atoms with van der Waals surface area (Å²) in [5, 5.41) is 7.18. The minimum Gasteiger partial charge on any atom is -0.467 e. The minimum atomic E-state index is 0.597. The van der Waals surface area contributed by atoms with Gasteiger partial charge in [0.2, 0.25) is 0 Å². The van der Waals surface area contributed by atoms with E-state index in [-0.39, 0.29) is 0 Å². The number of aromatic nitrogens is 4. The van der Waals surface area contributed by atoms with Crippen molar-refractivity contribution < 1.29 is 4.42 Å². The van der Waals surface area contributed by atoms with Gasteiger partial charge in [0.15, 0.2) is 10.9 Å². The van der Waals surface area contributed by atoms with E-state index in [1.165, 1.54) is 11.3 Å². The Hall–Kier alpha value is -2.61. The Kier molecular flexibility index (Phi) is 2.97. The van der Waals surface area contributed by atoms with Gasteiger partial charge in [-0.1, -0.05) is 11.3 Å².